The zero-order valence-electron chi connectivity index (χ0n) is 3.89. The van der Waals surface area contributed by atoms with Gasteiger partial charge in [-0.3, -0.25) is 4.79 Å². The van der Waals surface area contributed by atoms with Gasteiger partial charge in [0.25, 0.3) is 0 Å². The minimum atomic E-state index is -0.130. The summed E-state index contributed by atoms with van der Waals surface area (Å²) < 4.78 is 0. The van der Waals surface area contributed by atoms with E-state index in [4.69, 9.17) is 0 Å². The molecule has 0 aliphatic rings. The van der Waals surface area contributed by atoms with Gasteiger partial charge in [0.15, 0.2) is 5.78 Å². The molecular formula is C5H7ClO. The molecule has 7 heavy (non-hydrogen) atoms. The predicted molar refractivity (Wildman–Crippen MR) is 32.6 cm³/mol. The zero-order chi connectivity index (χ0) is 4.99. The highest BCUT2D eigenvalue weighted by atomic mass is 35.5. The average Bonchev–Trinajstić information content (AvgIpc) is 1.65. The summed E-state index contributed by atoms with van der Waals surface area (Å²) in [5, 5.41) is 0. The molecule has 0 N–H and O–H groups in total. The van der Waals surface area contributed by atoms with Gasteiger partial charge in [-0.2, -0.15) is 0 Å². The van der Waals surface area contributed by atoms with Gasteiger partial charge in [-0.05, 0) is 12.2 Å². The van der Waals surface area contributed by atoms with Crippen LogP contribution in [0.5, 0.6) is 0 Å². The summed E-state index contributed by atoms with van der Waals surface area (Å²) in [4.78, 5) is 9.94. The Labute approximate surface area is 49.1 Å². The molecular weight excluding hydrogens is 112 g/mol. The Bertz CT molecular complexity index is 76.1. The van der Waals surface area contributed by atoms with Crippen molar-refractivity contribution in [3.63, 3.8) is 0 Å². The van der Waals surface area contributed by atoms with E-state index in [2.05, 4.69) is 13.2 Å². The first kappa shape index (κ1) is 9.67. The Kier molecular flexibility index (Phi) is 7.51. The van der Waals surface area contributed by atoms with Crippen molar-refractivity contribution in [3.8, 4) is 0 Å². The smallest absolute Gasteiger partial charge is 0.177 e. The Hall–Kier alpha value is -0.560. The first-order valence-corrected chi connectivity index (χ1v) is 1.60. The van der Waals surface area contributed by atoms with Crippen LogP contribution in [0.2, 0.25) is 0 Å². The van der Waals surface area contributed by atoms with Crippen LogP contribution in [0.4, 0.5) is 0 Å². The van der Waals surface area contributed by atoms with Crippen molar-refractivity contribution in [3.05, 3.63) is 25.3 Å². The minimum absolute atomic E-state index is 0. The van der Waals surface area contributed by atoms with Crippen molar-refractivity contribution >= 4 is 18.2 Å². The summed E-state index contributed by atoms with van der Waals surface area (Å²) in [5.74, 6) is -0.130. The fourth-order valence-corrected chi connectivity index (χ4v) is 0.0833. The van der Waals surface area contributed by atoms with E-state index in [1.165, 1.54) is 12.2 Å². The van der Waals surface area contributed by atoms with E-state index in [1.54, 1.807) is 0 Å². The van der Waals surface area contributed by atoms with Crippen molar-refractivity contribution in [2.75, 3.05) is 0 Å². The van der Waals surface area contributed by atoms with E-state index in [9.17, 15) is 4.79 Å². The highest BCUT2D eigenvalue weighted by molar-refractivity contribution is 5.98. The standard InChI is InChI=1S/C5H6O.ClH/c1-3-5(6)4-2;/h3-4H,1-2H2;1H. The SMILES string of the molecule is C=CC(=O)C=C.Cl. The van der Waals surface area contributed by atoms with Crippen LogP contribution in [0.3, 0.4) is 0 Å². The molecule has 0 unspecified atom stereocenters. The monoisotopic (exact) mass is 118 g/mol. The molecule has 0 spiro atoms. The molecule has 2 heteroatoms. The number of hydrogen-bond donors (Lipinski definition) is 0. The lowest BCUT2D eigenvalue weighted by atomic mass is 10.4. The van der Waals surface area contributed by atoms with Crippen molar-refractivity contribution in [2.24, 2.45) is 0 Å². The maximum atomic E-state index is 9.94. The molecule has 0 aliphatic carbocycles. The zero-order valence-corrected chi connectivity index (χ0v) is 4.70. The summed E-state index contributed by atoms with van der Waals surface area (Å²) in [7, 11) is 0. The molecule has 0 amide bonds. The second kappa shape index (κ2) is 5.44. The van der Waals surface area contributed by atoms with E-state index >= 15 is 0 Å². The first-order chi connectivity index (χ1) is 2.81. The van der Waals surface area contributed by atoms with E-state index in [1.807, 2.05) is 0 Å². The summed E-state index contributed by atoms with van der Waals surface area (Å²) in [6.07, 6.45) is 2.43. The fourth-order valence-electron chi connectivity index (χ4n) is 0.0833. The van der Waals surface area contributed by atoms with Crippen molar-refractivity contribution in [2.45, 2.75) is 0 Å². The third kappa shape index (κ3) is 5.44. The highest BCUT2D eigenvalue weighted by Gasteiger charge is 1.75. The number of hydrogen-bond acceptors (Lipinski definition) is 1. The molecule has 0 atom stereocenters. The third-order valence-electron chi connectivity index (χ3n) is 0.402. The number of ketones is 1. The molecule has 0 aromatic rings. The molecule has 0 heterocycles. The van der Waals surface area contributed by atoms with Gasteiger partial charge >= 0.3 is 0 Å². The van der Waals surface area contributed by atoms with Gasteiger partial charge in [0, 0.05) is 0 Å². The minimum Gasteiger partial charge on any atom is -0.290 e. The van der Waals surface area contributed by atoms with E-state index in [0.717, 1.165) is 0 Å². The lowest BCUT2D eigenvalue weighted by Crippen LogP contribution is -1.78. The molecule has 0 bridgehead atoms. The molecule has 0 aliphatic heterocycles. The first-order valence-electron chi connectivity index (χ1n) is 1.60. The Balaban J connectivity index is 0. The molecule has 1 nitrogen and oxygen atoms in total. The molecule has 40 valence electrons. The van der Waals surface area contributed by atoms with Gasteiger partial charge in [-0.15, -0.1) is 12.4 Å². The van der Waals surface area contributed by atoms with Gasteiger partial charge in [-0.25, -0.2) is 0 Å². The highest BCUT2D eigenvalue weighted by Crippen LogP contribution is 1.68. The quantitative estimate of drug-likeness (QED) is 0.501. The van der Waals surface area contributed by atoms with Crippen molar-refractivity contribution < 1.29 is 4.79 Å². The molecule has 0 radical (unpaired) electrons. The predicted octanol–water partition coefficient (Wildman–Crippen LogP) is 1.35. The van der Waals surface area contributed by atoms with Crippen LogP contribution in [0.15, 0.2) is 25.3 Å². The van der Waals surface area contributed by atoms with E-state index in [-0.39, 0.29) is 18.2 Å². The molecule has 0 aromatic heterocycles. The maximum absolute atomic E-state index is 9.94. The molecule has 0 saturated carbocycles. The van der Waals surface area contributed by atoms with Gasteiger partial charge in [0.1, 0.15) is 0 Å². The average molecular weight is 119 g/mol. The number of rotatable bonds is 2. The Morgan fingerprint density at radius 1 is 1.29 bits per heavy atom. The summed E-state index contributed by atoms with van der Waals surface area (Å²) >= 11 is 0. The number of halogens is 1. The van der Waals surface area contributed by atoms with Crippen LogP contribution in [0.25, 0.3) is 0 Å². The fraction of sp³-hybridized carbons (Fsp3) is 0. The number of carbonyl (C=O) groups is 1. The lowest BCUT2D eigenvalue weighted by molar-refractivity contribution is -0.110. The van der Waals surface area contributed by atoms with E-state index in [0.29, 0.717) is 0 Å². The summed E-state index contributed by atoms with van der Waals surface area (Å²) in [5.41, 5.74) is 0. The summed E-state index contributed by atoms with van der Waals surface area (Å²) in [6.45, 7) is 6.42. The molecule has 0 rings (SSSR count). The normalized spacial score (nSPS) is 5.71. The third-order valence-corrected chi connectivity index (χ3v) is 0.402. The van der Waals surface area contributed by atoms with Crippen LogP contribution < -0.4 is 0 Å². The number of allylic oxidation sites excluding steroid dienone is 2. The largest absolute Gasteiger partial charge is 0.290 e. The molecule has 0 fully saturated rings. The van der Waals surface area contributed by atoms with Crippen LogP contribution in [0.1, 0.15) is 0 Å². The second-order valence-corrected chi connectivity index (χ2v) is 0.811. The molecule has 0 saturated heterocycles. The van der Waals surface area contributed by atoms with Crippen LogP contribution in [-0.2, 0) is 4.79 Å². The lowest BCUT2D eigenvalue weighted by Gasteiger charge is -1.68. The van der Waals surface area contributed by atoms with E-state index < -0.39 is 0 Å². The maximum Gasteiger partial charge on any atom is 0.177 e. The van der Waals surface area contributed by atoms with Gasteiger partial charge in [0.2, 0.25) is 0 Å². The van der Waals surface area contributed by atoms with Crippen LogP contribution in [0, 0.1) is 0 Å². The number of carbonyl (C=O) groups excluding carboxylic acids is 1. The van der Waals surface area contributed by atoms with Crippen LogP contribution >= 0.6 is 12.4 Å². The molecule has 0 aromatic carbocycles. The second-order valence-electron chi connectivity index (χ2n) is 0.811. The van der Waals surface area contributed by atoms with Gasteiger partial charge < -0.3 is 0 Å². The van der Waals surface area contributed by atoms with Crippen molar-refractivity contribution in [1.82, 2.24) is 0 Å². The topological polar surface area (TPSA) is 17.1 Å². The Morgan fingerprint density at radius 3 is 1.57 bits per heavy atom. The van der Waals surface area contributed by atoms with Crippen molar-refractivity contribution in [1.29, 1.82) is 0 Å². The van der Waals surface area contributed by atoms with Crippen LogP contribution in [-0.4, -0.2) is 5.78 Å². The Morgan fingerprint density at radius 2 is 1.57 bits per heavy atom. The van der Waals surface area contributed by atoms with Gasteiger partial charge in [-0.1, -0.05) is 13.2 Å². The summed E-state index contributed by atoms with van der Waals surface area (Å²) in [6, 6.07) is 0. The van der Waals surface area contributed by atoms with Gasteiger partial charge in [0.05, 0.1) is 0 Å².